The number of nitrogens with zero attached hydrogens (tertiary/aromatic N) is 2. The number of nitrogens with one attached hydrogen (secondary N) is 1. The molecule has 5 nitrogen and oxygen atoms in total. The largest absolute Gasteiger partial charge is 0.348 e. The molecule has 1 aromatic carbocycles. The zero-order valence-electron chi connectivity index (χ0n) is 17.8. The molecule has 3 N–H and O–H groups in total. The van der Waals surface area contributed by atoms with E-state index in [0.717, 1.165) is 34.6 Å². The van der Waals surface area contributed by atoms with E-state index in [-0.39, 0.29) is 5.91 Å². The third kappa shape index (κ3) is 4.76. The summed E-state index contributed by atoms with van der Waals surface area (Å²) in [5, 5.41) is 3.04. The van der Waals surface area contributed by atoms with E-state index in [1.54, 1.807) is 11.3 Å². The van der Waals surface area contributed by atoms with E-state index in [9.17, 15) is 4.79 Å². The highest BCUT2D eigenvalue weighted by Crippen LogP contribution is 2.29. The van der Waals surface area contributed by atoms with Crippen LogP contribution in [0.5, 0.6) is 0 Å². The molecule has 0 bridgehead atoms. The first kappa shape index (κ1) is 21.0. The van der Waals surface area contributed by atoms with Gasteiger partial charge in [0.15, 0.2) is 0 Å². The molecule has 4 aromatic rings. The van der Waals surface area contributed by atoms with Gasteiger partial charge in [-0.1, -0.05) is 24.3 Å². The van der Waals surface area contributed by atoms with E-state index >= 15 is 0 Å². The van der Waals surface area contributed by atoms with Crippen molar-refractivity contribution in [1.29, 1.82) is 0 Å². The molecule has 3 heterocycles. The number of pyridine rings is 1. The SMILES string of the molecule is Cc1cc(C(=O)NCc2ccc(CN)cc2)c(C)n1Cc1ccc(-c2ccncc2)s1. The summed E-state index contributed by atoms with van der Waals surface area (Å²) in [6.45, 7) is 5.82. The summed E-state index contributed by atoms with van der Waals surface area (Å²) in [6.07, 6.45) is 3.62. The van der Waals surface area contributed by atoms with Gasteiger partial charge in [0.1, 0.15) is 0 Å². The van der Waals surface area contributed by atoms with Crippen molar-refractivity contribution < 1.29 is 4.79 Å². The Balaban J connectivity index is 1.45. The van der Waals surface area contributed by atoms with Crippen molar-refractivity contribution >= 4 is 17.2 Å². The second kappa shape index (κ2) is 9.29. The van der Waals surface area contributed by atoms with Gasteiger partial charge >= 0.3 is 0 Å². The number of thiophene rings is 1. The summed E-state index contributed by atoms with van der Waals surface area (Å²) in [4.78, 5) is 19.4. The first-order valence-corrected chi connectivity index (χ1v) is 11.1. The number of aromatic nitrogens is 2. The van der Waals surface area contributed by atoms with Crippen LogP contribution in [0.4, 0.5) is 0 Å². The number of carbonyl (C=O) groups is 1. The maximum Gasteiger partial charge on any atom is 0.253 e. The molecule has 0 radical (unpaired) electrons. The van der Waals surface area contributed by atoms with Gasteiger partial charge < -0.3 is 15.6 Å². The highest BCUT2D eigenvalue weighted by atomic mass is 32.1. The van der Waals surface area contributed by atoms with Crippen molar-refractivity contribution in [3.8, 4) is 10.4 Å². The lowest BCUT2D eigenvalue weighted by Gasteiger charge is -2.09. The Hall–Kier alpha value is -3.22. The second-order valence-corrected chi connectivity index (χ2v) is 8.74. The van der Waals surface area contributed by atoms with Crippen LogP contribution in [-0.2, 0) is 19.6 Å². The van der Waals surface area contributed by atoms with Crippen molar-refractivity contribution in [1.82, 2.24) is 14.9 Å². The molecule has 31 heavy (non-hydrogen) atoms. The van der Waals surface area contributed by atoms with Gasteiger partial charge in [-0.15, -0.1) is 11.3 Å². The van der Waals surface area contributed by atoms with Gasteiger partial charge in [0.2, 0.25) is 0 Å². The number of hydrogen-bond acceptors (Lipinski definition) is 4. The normalized spacial score (nSPS) is 10.9. The average molecular weight is 431 g/mol. The number of amides is 1. The van der Waals surface area contributed by atoms with Crippen molar-refractivity contribution in [3.63, 3.8) is 0 Å². The minimum atomic E-state index is -0.0501. The van der Waals surface area contributed by atoms with Crippen molar-refractivity contribution in [2.75, 3.05) is 0 Å². The molecule has 4 rings (SSSR count). The van der Waals surface area contributed by atoms with Crippen LogP contribution in [-0.4, -0.2) is 15.5 Å². The summed E-state index contributed by atoms with van der Waals surface area (Å²) in [6, 6.07) is 18.3. The number of benzene rings is 1. The summed E-state index contributed by atoms with van der Waals surface area (Å²) >= 11 is 1.77. The minimum Gasteiger partial charge on any atom is -0.348 e. The van der Waals surface area contributed by atoms with E-state index in [1.807, 2.05) is 68.7 Å². The van der Waals surface area contributed by atoms with Gasteiger partial charge in [0, 0.05) is 46.6 Å². The quantitative estimate of drug-likeness (QED) is 0.448. The lowest BCUT2D eigenvalue weighted by atomic mass is 10.1. The smallest absolute Gasteiger partial charge is 0.253 e. The molecule has 0 atom stereocenters. The monoisotopic (exact) mass is 430 g/mol. The molecule has 6 heteroatoms. The van der Waals surface area contributed by atoms with Gasteiger partial charge in [0.05, 0.1) is 12.1 Å². The van der Waals surface area contributed by atoms with Crippen LogP contribution in [0.2, 0.25) is 0 Å². The number of aryl methyl sites for hydroxylation is 1. The first-order valence-electron chi connectivity index (χ1n) is 10.3. The van der Waals surface area contributed by atoms with Crippen LogP contribution in [0, 0.1) is 13.8 Å². The summed E-state index contributed by atoms with van der Waals surface area (Å²) in [5.74, 6) is -0.0501. The molecule has 1 amide bonds. The number of rotatable bonds is 7. The minimum absolute atomic E-state index is 0.0501. The highest BCUT2D eigenvalue weighted by molar-refractivity contribution is 7.15. The van der Waals surface area contributed by atoms with E-state index < -0.39 is 0 Å². The van der Waals surface area contributed by atoms with Gasteiger partial charge in [-0.25, -0.2) is 0 Å². The van der Waals surface area contributed by atoms with Crippen LogP contribution >= 0.6 is 11.3 Å². The van der Waals surface area contributed by atoms with E-state index in [1.165, 1.54) is 15.3 Å². The highest BCUT2D eigenvalue weighted by Gasteiger charge is 2.16. The van der Waals surface area contributed by atoms with E-state index in [4.69, 9.17) is 5.73 Å². The maximum absolute atomic E-state index is 12.8. The predicted octanol–water partition coefficient (Wildman–Crippen LogP) is 4.67. The van der Waals surface area contributed by atoms with Crippen molar-refractivity contribution in [2.45, 2.75) is 33.5 Å². The number of hydrogen-bond donors (Lipinski definition) is 2. The number of carbonyl (C=O) groups excluding carboxylic acids is 1. The van der Waals surface area contributed by atoms with Crippen LogP contribution < -0.4 is 11.1 Å². The van der Waals surface area contributed by atoms with Crippen LogP contribution in [0.25, 0.3) is 10.4 Å². The molecule has 0 unspecified atom stereocenters. The van der Waals surface area contributed by atoms with Crippen molar-refractivity contribution in [2.24, 2.45) is 5.73 Å². The fraction of sp³-hybridized carbons (Fsp3) is 0.200. The van der Waals surface area contributed by atoms with Crippen LogP contribution in [0.1, 0.15) is 37.7 Å². The Bertz CT molecular complexity index is 1180. The predicted molar refractivity (Wildman–Crippen MR) is 126 cm³/mol. The lowest BCUT2D eigenvalue weighted by Crippen LogP contribution is -2.23. The van der Waals surface area contributed by atoms with Crippen molar-refractivity contribution in [3.05, 3.63) is 99.9 Å². The number of nitrogens with two attached hydrogens (primary N) is 1. The molecule has 0 aliphatic rings. The Morgan fingerprint density at radius 3 is 2.45 bits per heavy atom. The molecule has 0 saturated heterocycles. The average Bonchev–Trinajstić information content (AvgIpc) is 3.39. The zero-order chi connectivity index (χ0) is 21.8. The lowest BCUT2D eigenvalue weighted by molar-refractivity contribution is 0.0950. The molecular weight excluding hydrogens is 404 g/mol. The third-order valence-corrected chi connectivity index (χ3v) is 6.59. The van der Waals surface area contributed by atoms with Gasteiger partial charge in [0.25, 0.3) is 5.91 Å². The summed E-state index contributed by atoms with van der Waals surface area (Å²) in [7, 11) is 0. The molecule has 0 saturated carbocycles. The van der Waals surface area contributed by atoms with Gasteiger partial charge in [-0.3, -0.25) is 9.78 Å². The molecule has 0 aliphatic heterocycles. The summed E-state index contributed by atoms with van der Waals surface area (Å²) in [5.41, 5.74) is 11.7. The second-order valence-electron chi connectivity index (χ2n) is 7.58. The topological polar surface area (TPSA) is 72.9 Å². The van der Waals surface area contributed by atoms with Gasteiger partial charge in [-0.2, -0.15) is 0 Å². The maximum atomic E-state index is 12.8. The molecule has 0 fully saturated rings. The Morgan fingerprint density at radius 2 is 1.74 bits per heavy atom. The standard InChI is InChI=1S/C25H26N4OS/c1-17-13-23(25(30)28-15-20-5-3-19(14-26)4-6-20)18(2)29(17)16-22-7-8-24(31-22)21-9-11-27-12-10-21/h3-13H,14-16,26H2,1-2H3,(H,28,30). The van der Waals surface area contributed by atoms with Crippen LogP contribution in [0.15, 0.2) is 67.0 Å². The Labute approximate surface area is 186 Å². The molecular formula is C25H26N4OS. The molecule has 158 valence electrons. The first-order chi connectivity index (χ1) is 15.0. The fourth-order valence-electron chi connectivity index (χ4n) is 3.64. The Kier molecular flexibility index (Phi) is 6.30. The molecule has 0 spiro atoms. The fourth-order valence-corrected chi connectivity index (χ4v) is 4.64. The van der Waals surface area contributed by atoms with E-state index in [0.29, 0.717) is 13.1 Å². The zero-order valence-corrected chi connectivity index (χ0v) is 18.6. The van der Waals surface area contributed by atoms with Crippen LogP contribution in [0.3, 0.4) is 0 Å². The molecule has 0 aliphatic carbocycles. The summed E-state index contributed by atoms with van der Waals surface area (Å²) < 4.78 is 2.20. The third-order valence-electron chi connectivity index (χ3n) is 5.47. The van der Waals surface area contributed by atoms with Gasteiger partial charge in [-0.05, 0) is 60.9 Å². The Morgan fingerprint density at radius 1 is 1.03 bits per heavy atom. The van der Waals surface area contributed by atoms with E-state index in [2.05, 4.69) is 27.0 Å². The molecule has 3 aromatic heterocycles.